The topological polar surface area (TPSA) is 143 Å². The zero-order chi connectivity index (χ0) is 49.7. The fourth-order valence-electron chi connectivity index (χ4n) is 9.20. The average Bonchev–Trinajstić information content (AvgIpc) is 4.19. The van der Waals surface area contributed by atoms with Crippen molar-refractivity contribution in [2.45, 2.75) is 72.8 Å². The standard InChI is InChI=1S/C59H60N4O6S2/c1-42(2)53-55(67)60-40-52(65)69-49(35-21-22-38-70-58(43-23-9-3-10-24-43,44-25-11-4-12-26-44)45-27-13-5-14-28-45)39-51(64)63-57(36-37-57)56(68)61-50(54(66)62-53)41-71-59(46-29-15-6-16-30-46,47-31-17-7-18-32-47)48-33-19-8-20-34-48/h3-21,23-35,42,49-50,53H,22,36-41H2,1-2H3,(H,60,67)(H,61,68)(H,62,66)(H,63,64)/b35-21+/t49-,50-,53?/m1/s1. The second-order valence-corrected chi connectivity index (χ2v) is 20.8. The van der Waals surface area contributed by atoms with Crippen LogP contribution >= 0.6 is 23.5 Å². The first kappa shape index (κ1) is 50.5. The number of ether oxygens (including phenoxy) is 1. The number of allylic oxidation sites excluding steroid dienone is 1. The van der Waals surface area contributed by atoms with Crippen LogP contribution < -0.4 is 21.3 Å². The van der Waals surface area contributed by atoms with Gasteiger partial charge in [0.05, 0.1) is 15.9 Å². The smallest absolute Gasteiger partial charge is 0.326 e. The minimum absolute atomic E-state index is 0.0906. The van der Waals surface area contributed by atoms with Crippen molar-refractivity contribution in [1.82, 2.24) is 21.3 Å². The van der Waals surface area contributed by atoms with Gasteiger partial charge in [0.1, 0.15) is 30.3 Å². The third kappa shape index (κ3) is 11.8. The summed E-state index contributed by atoms with van der Waals surface area (Å²) in [5, 5.41) is 11.5. The first-order chi connectivity index (χ1) is 34.5. The van der Waals surface area contributed by atoms with Crippen LogP contribution in [0.3, 0.4) is 0 Å². The van der Waals surface area contributed by atoms with E-state index in [2.05, 4.69) is 130 Å². The van der Waals surface area contributed by atoms with Crippen LogP contribution in [-0.4, -0.2) is 71.4 Å². The summed E-state index contributed by atoms with van der Waals surface area (Å²) in [5.41, 5.74) is 5.06. The number of amides is 4. The van der Waals surface area contributed by atoms with Gasteiger partial charge < -0.3 is 26.0 Å². The van der Waals surface area contributed by atoms with Crippen molar-refractivity contribution in [1.29, 1.82) is 0 Å². The van der Waals surface area contributed by atoms with E-state index in [1.165, 1.54) is 11.8 Å². The van der Waals surface area contributed by atoms with Gasteiger partial charge in [-0.15, -0.1) is 23.5 Å². The Balaban J connectivity index is 1.04. The first-order valence-corrected chi connectivity index (χ1v) is 26.2. The second-order valence-electron chi connectivity index (χ2n) is 18.3. The van der Waals surface area contributed by atoms with Gasteiger partial charge in [0.25, 0.3) is 0 Å². The molecule has 10 nitrogen and oxygen atoms in total. The number of rotatable bonds is 15. The molecule has 1 unspecified atom stereocenters. The third-order valence-corrected chi connectivity index (χ3v) is 16.2. The molecule has 0 aromatic heterocycles. The van der Waals surface area contributed by atoms with Crippen molar-refractivity contribution in [3.63, 3.8) is 0 Å². The largest absolute Gasteiger partial charge is 0.456 e. The summed E-state index contributed by atoms with van der Waals surface area (Å²) in [7, 11) is 0. The molecule has 2 aliphatic rings. The Bertz CT molecular complexity index is 2570. The lowest BCUT2D eigenvalue weighted by atomic mass is 9.84. The van der Waals surface area contributed by atoms with Gasteiger partial charge in [0.2, 0.25) is 23.6 Å². The number of carbonyl (C=O) groups is 5. The molecule has 2 fully saturated rings. The molecular formula is C59H60N4O6S2. The van der Waals surface area contributed by atoms with E-state index in [9.17, 15) is 24.0 Å². The molecule has 1 heterocycles. The molecule has 3 atom stereocenters. The SMILES string of the molecule is CC(C)C1NC(=O)[C@@H](CSC(c2ccccc2)(c2ccccc2)c2ccccc2)NC(=O)C2(CC2)NC(=O)C[C@@H](/C=C/CCSC(c2ccccc2)(c2ccccc2)c2ccccc2)OC(=O)CNC1=O. The maximum atomic E-state index is 14.6. The molecule has 1 spiro atoms. The molecule has 4 amide bonds. The van der Waals surface area contributed by atoms with Crippen LogP contribution in [-0.2, 0) is 38.2 Å². The summed E-state index contributed by atoms with van der Waals surface area (Å²) in [6.07, 6.45) is 3.65. The van der Waals surface area contributed by atoms with Gasteiger partial charge >= 0.3 is 5.97 Å². The fourth-order valence-corrected chi connectivity index (χ4v) is 12.2. The van der Waals surface area contributed by atoms with Gasteiger partial charge in [0, 0.05) is 5.75 Å². The van der Waals surface area contributed by atoms with E-state index in [-0.39, 0.29) is 18.1 Å². The maximum absolute atomic E-state index is 14.6. The van der Waals surface area contributed by atoms with Crippen molar-refractivity contribution >= 4 is 53.1 Å². The molecule has 4 N–H and O–H groups in total. The summed E-state index contributed by atoms with van der Waals surface area (Å²) >= 11 is 3.29. The molecule has 8 rings (SSSR count). The number of cyclic esters (lactones) is 1. The lowest BCUT2D eigenvalue weighted by molar-refractivity contribution is -0.148. The van der Waals surface area contributed by atoms with Gasteiger partial charge in [0.15, 0.2) is 0 Å². The van der Waals surface area contributed by atoms with Crippen LogP contribution in [0, 0.1) is 5.92 Å². The van der Waals surface area contributed by atoms with Crippen molar-refractivity contribution in [3.05, 3.63) is 228 Å². The summed E-state index contributed by atoms with van der Waals surface area (Å²) in [6.45, 7) is 3.11. The van der Waals surface area contributed by atoms with Gasteiger partial charge in [-0.25, -0.2) is 0 Å². The Kier molecular flexibility index (Phi) is 16.6. The van der Waals surface area contributed by atoms with Crippen LogP contribution in [0.25, 0.3) is 0 Å². The molecule has 1 saturated heterocycles. The monoisotopic (exact) mass is 984 g/mol. The van der Waals surface area contributed by atoms with E-state index in [1.54, 1.807) is 31.7 Å². The molecule has 0 radical (unpaired) electrons. The Morgan fingerprint density at radius 2 is 1.01 bits per heavy atom. The molecule has 12 heteroatoms. The minimum atomic E-state index is -1.27. The van der Waals surface area contributed by atoms with Gasteiger partial charge in [-0.05, 0) is 70.4 Å². The molecule has 1 saturated carbocycles. The van der Waals surface area contributed by atoms with E-state index in [0.29, 0.717) is 25.0 Å². The van der Waals surface area contributed by atoms with E-state index >= 15 is 0 Å². The summed E-state index contributed by atoms with van der Waals surface area (Å²) in [6, 6.07) is 59.1. The maximum Gasteiger partial charge on any atom is 0.326 e. The molecule has 71 heavy (non-hydrogen) atoms. The van der Waals surface area contributed by atoms with Crippen LogP contribution in [0.1, 0.15) is 72.9 Å². The summed E-state index contributed by atoms with van der Waals surface area (Å²) < 4.78 is 4.51. The minimum Gasteiger partial charge on any atom is -0.456 e. The highest BCUT2D eigenvalue weighted by Crippen LogP contribution is 2.50. The quantitative estimate of drug-likeness (QED) is 0.0346. The number of nitrogens with one attached hydrogen (secondary N) is 4. The number of thioether (sulfide) groups is 2. The van der Waals surface area contributed by atoms with Crippen LogP contribution in [0.2, 0.25) is 0 Å². The highest BCUT2D eigenvalue weighted by Gasteiger charge is 2.52. The Hall–Kier alpha value is -6.89. The van der Waals surface area contributed by atoms with Crippen molar-refractivity contribution in [3.8, 4) is 0 Å². The van der Waals surface area contributed by atoms with Crippen LogP contribution in [0.5, 0.6) is 0 Å². The highest BCUT2D eigenvalue weighted by molar-refractivity contribution is 8.00. The Morgan fingerprint density at radius 3 is 1.42 bits per heavy atom. The van der Waals surface area contributed by atoms with Crippen LogP contribution in [0.4, 0.5) is 0 Å². The molecule has 6 aromatic rings. The molecule has 6 aromatic carbocycles. The van der Waals surface area contributed by atoms with Crippen molar-refractivity contribution in [2.75, 3.05) is 18.1 Å². The molecule has 1 aliphatic carbocycles. The Morgan fingerprint density at radius 1 is 0.592 bits per heavy atom. The number of hydrogen-bond acceptors (Lipinski definition) is 8. The third-order valence-electron chi connectivity index (χ3n) is 13.0. The summed E-state index contributed by atoms with van der Waals surface area (Å²) in [5.74, 6) is -2.53. The van der Waals surface area contributed by atoms with Crippen molar-refractivity contribution in [2.24, 2.45) is 5.92 Å². The predicted octanol–water partition coefficient (Wildman–Crippen LogP) is 9.09. The molecular weight excluding hydrogens is 925 g/mol. The normalized spacial score (nSPS) is 19.1. The molecule has 364 valence electrons. The Labute approximate surface area is 425 Å². The fraction of sp³-hybridized carbons (Fsp3) is 0.271. The van der Waals surface area contributed by atoms with Gasteiger partial charge in [-0.2, -0.15) is 0 Å². The lowest BCUT2D eigenvalue weighted by Crippen LogP contribution is -2.59. The van der Waals surface area contributed by atoms with Gasteiger partial charge in [-0.3, -0.25) is 24.0 Å². The first-order valence-electron chi connectivity index (χ1n) is 24.2. The van der Waals surface area contributed by atoms with E-state index in [4.69, 9.17) is 4.74 Å². The highest BCUT2D eigenvalue weighted by atomic mass is 32.2. The van der Waals surface area contributed by atoms with E-state index in [1.807, 2.05) is 78.9 Å². The lowest BCUT2D eigenvalue weighted by Gasteiger charge is -2.37. The average molecular weight is 985 g/mol. The van der Waals surface area contributed by atoms with Crippen molar-refractivity contribution < 1.29 is 28.7 Å². The zero-order valence-corrected chi connectivity index (χ0v) is 41.6. The van der Waals surface area contributed by atoms with Crippen LogP contribution in [0.15, 0.2) is 194 Å². The number of hydrogen-bond donors (Lipinski definition) is 4. The molecule has 1 aliphatic heterocycles. The number of esters is 1. The van der Waals surface area contributed by atoms with E-state index < -0.39 is 69.4 Å². The zero-order valence-electron chi connectivity index (χ0n) is 40.0. The van der Waals surface area contributed by atoms with Gasteiger partial charge in [-0.1, -0.05) is 202 Å². The summed E-state index contributed by atoms with van der Waals surface area (Å²) in [4.78, 5) is 70.3. The predicted molar refractivity (Wildman–Crippen MR) is 283 cm³/mol. The molecule has 0 bridgehead atoms. The number of carbonyl (C=O) groups excluding carboxylic acids is 5. The second kappa shape index (κ2) is 23.3. The van der Waals surface area contributed by atoms with E-state index in [0.717, 1.165) is 33.4 Å². The number of benzene rings is 6.